The van der Waals surface area contributed by atoms with Gasteiger partial charge in [-0.05, 0) is 90.2 Å². The molecule has 2 aromatic rings. The first kappa shape index (κ1) is 26.0. The summed E-state index contributed by atoms with van der Waals surface area (Å²) in [4.78, 5) is 49.2. The largest absolute Gasteiger partial charge is 0.306 e. The topological polar surface area (TPSA) is 73.8 Å². The molecule has 2 aliphatic heterocycles. The number of aromatic nitrogens is 1. The zero-order chi connectivity index (χ0) is 26.0. The Morgan fingerprint density at radius 3 is 2.00 bits per heavy atom. The van der Waals surface area contributed by atoms with E-state index in [4.69, 9.17) is 0 Å². The second kappa shape index (κ2) is 10.9. The molecule has 2 fully saturated rings. The maximum atomic E-state index is 14.6. The summed E-state index contributed by atoms with van der Waals surface area (Å²) in [7, 11) is 3.88. The van der Waals surface area contributed by atoms with Crippen LogP contribution in [-0.4, -0.2) is 72.7 Å². The summed E-state index contributed by atoms with van der Waals surface area (Å²) in [6.07, 6.45) is 2.17. The first-order chi connectivity index (χ1) is 17.2. The Labute approximate surface area is 207 Å². The van der Waals surface area contributed by atoms with Crippen LogP contribution in [0.2, 0.25) is 0 Å². The summed E-state index contributed by atoms with van der Waals surface area (Å²) in [5, 5.41) is 0. The lowest BCUT2D eigenvalue weighted by Crippen LogP contribution is -2.45. The van der Waals surface area contributed by atoms with E-state index in [1.807, 2.05) is 19.0 Å². The molecule has 192 valence electrons. The smallest absolute Gasteiger partial charge is 0.272 e. The van der Waals surface area contributed by atoms with Crippen molar-refractivity contribution in [3.63, 3.8) is 0 Å². The van der Waals surface area contributed by atoms with Crippen molar-refractivity contribution >= 4 is 23.4 Å². The zero-order valence-electron chi connectivity index (χ0n) is 20.3. The Bertz CT molecular complexity index is 1160. The molecule has 0 aliphatic carbocycles. The molecule has 2 amide bonds. The lowest BCUT2D eigenvalue weighted by Gasteiger charge is -2.31. The maximum Gasteiger partial charge on any atom is 0.272 e. The van der Waals surface area contributed by atoms with Crippen LogP contribution < -0.4 is 4.90 Å². The number of likely N-dealkylation sites (tertiary alicyclic amines) is 2. The Morgan fingerprint density at radius 2 is 1.39 bits per heavy atom. The normalized spacial score (nSPS) is 18.2. The standard InChI is InChI=1S/C26H29F3N4O3/c1-31-12-8-16(9-13-31)24(34)20-4-3-5-21(30-20)33(25(35)17-10-14-32(2)15-11-17)26(36)22-18(27)6-7-19(28)23(22)29/h3-7,16-17H,8-15H2,1-2H3. The highest BCUT2D eigenvalue weighted by atomic mass is 19.2. The molecule has 1 aromatic carbocycles. The van der Waals surface area contributed by atoms with E-state index in [0.717, 1.165) is 13.1 Å². The fraction of sp³-hybridized carbons (Fsp3) is 0.462. The van der Waals surface area contributed by atoms with Gasteiger partial charge in [0.1, 0.15) is 22.9 Å². The molecule has 2 aliphatic rings. The summed E-state index contributed by atoms with van der Waals surface area (Å²) >= 11 is 0. The molecule has 4 rings (SSSR count). The molecule has 1 aromatic heterocycles. The van der Waals surface area contributed by atoms with Crippen LogP contribution in [0.3, 0.4) is 0 Å². The molecular weight excluding hydrogens is 473 g/mol. The molecule has 3 heterocycles. The van der Waals surface area contributed by atoms with Crippen molar-refractivity contribution in [2.75, 3.05) is 45.2 Å². The highest BCUT2D eigenvalue weighted by Crippen LogP contribution is 2.27. The summed E-state index contributed by atoms with van der Waals surface area (Å²) in [6, 6.07) is 5.52. The number of carbonyl (C=O) groups excluding carboxylic acids is 3. The molecular formula is C26H29F3N4O3. The summed E-state index contributed by atoms with van der Waals surface area (Å²) in [5.41, 5.74) is -1.11. The third-order valence-corrected chi connectivity index (χ3v) is 7.05. The van der Waals surface area contributed by atoms with Gasteiger partial charge in [-0.2, -0.15) is 0 Å². The molecule has 0 saturated carbocycles. The van der Waals surface area contributed by atoms with E-state index in [2.05, 4.69) is 9.88 Å². The lowest BCUT2D eigenvalue weighted by molar-refractivity contribution is -0.123. The van der Waals surface area contributed by atoms with Crippen molar-refractivity contribution in [3.05, 3.63) is 59.0 Å². The van der Waals surface area contributed by atoms with Crippen molar-refractivity contribution in [3.8, 4) is 0 Å². The van der Waals surface area contributed by atoms with E-state index in [-0.39, 0.29) is 23.2 Å². The molecule has 10 heteroatoms. The van der Waals surface area contributed by atoms with Gasteiger partial charge in [-0.25, -0.2) is 23.1 Å². The number of hydrogen-bond acceptors (Lipinski definition) is 6. The SMILES string of the molecule is CN1CCC(C(=O)c2cccc(N(C(=O)c3c(F)ccc(F)c3F)C(=O)C3CCN(C)CC3)n2)CC1. The second-order valence-electron chi connectivity index (χ2n) is 9.60. The van der Waals surface area contributed by atoms with Gasteiger partial charge in [-0.15, -0.1) is 0 Å². The number of anilines is 1. The van der Waals surface area contributed by atoms with Crippen LogP contribution in [0.1, 0.15) is 46.5 Å². The van der Waals surface area contributed by atoms with Gasteiger partial charge in [0.25, 0.3) is 5.91 Å². The molecule has 0 atom stereocenters. The van der Waals surface area contributed by atoms with Crippen molar-refractivity contribution in [1.29, 1.82) is 0 Å². The number of pyridine rings is 1. The van der Waals surface area contributed by atoms with Gasteiger partial charge >= 0.3 is 0 Å². The van der Waals surface area contributed by atoms with Crippen LogP contribution in [0, 0.1) is 29.3 Å². The Kier molecular flexibility index (Phi) is 7.85. The van der Waals surface area contributed by atoms with Crippen LogP contribution in [0.25, 0.3) is 0 Å². The predicted octanol–water partition coefficient (Wildman–Crippen LogP) is 3.54. The van der Waals surface area contributed by atoms with E-state index in [0.29, 0.717) is 55.8 Å². The van der Waals surface area contributed by atoms with Crippen molar-refractivity contribution in [1.82, 2.24) is 14.8 Å². The molecule has 2 saturated heterocycles. The van der Waals surface area contributed by atoms with Gasteiger partial charge in [0.2, 0.25) is 5.91 Å². The van der Waals surface area contributed by atoms with Crippen LogP contribution in [0.15, 0.2) is 30.3 Å². The van der Waals surface area contributed by atoms with Gasteiger partial charge in [-0.1, -0.05) is 6.07 Å². The van der Waals surface area contributed by atoms with Gasteiger partial charge in [0, 0.05) is 11.8 Å². The summed E-state index contributed by atoms with van der Waals surface area (Å²) < 4.78 is 43.0. The van der Waals surface area contributed by atoms with E-state index in [1.54, 1.807) is 0 Å². The number of carbonyl (C=O) groups is 3. The third kappa shape index (κ3) is 5.34. The maximum absolute atomic E-state index is 14.6. The van der Waals surface area contributed by atoms with E-state index < -0.39 is 40.7 Å². The lowest BCUT2D eigenvalue weighted by atomic mass is 9.91. The van der Waals surface area contributed by atoms with Gasteiger partial charge in [-0.3, -0.25) is 14.4 Å². The Hall–Kier alpha value is -3.11. The number of nitrogens with zero attached hydrogens (tertiary/aromatic N) is 4. The number of imide groups is 1. The number of amides is 2. The summed E-state index contributed by atoms with van der Waals surface area (Å²) in [5.74, 6) is -7.71. The monoisotopic (exact) mass is 502 g/mol. The van der Waals surface area contributed by atoms with Crippen molar-refractivity contribution < 1.29 is 27.6 Å². The number of ketones is 1. The quantitative estimate of drug-likeness (QED) is 0.354. The first-order valence-corrected chi connectivity index (χ1v) is 12.1. The molecule has 0 unspecified atom stereocenters. The van der Waals surface area contributed by atoms with Crippen molar-refractivity contribution in [2.45, 2.75) is 25.7 Å². The molecule has 7 nitrogen and oxygen atoms in total. The van der Waals surface area contributed by atoms with Gasteiger partial charge in [0.05, 0.1) is 0 Å². The zero-order valence-corrected chi connectivity index (χ0v) is 20.3. The number of benzene rings is 1. The highest BCUT2D eigenvalue weighted by Gasteiger charge is 2.37. The number of rotatable bonds is 5. The minimum absolute atomic E-state index is 0.0659. The second-order valence-corrected chi connectivity index (χ2v) is 9.60. The molecule has 0 bridgehead atoms. The average Bonchev–Trinajstić information content (AvgIpc) is 2.87. The highest BCUT2D eigenvalue weighted by molar-refractivity contribution is 6.21. The summed E-state index contributed by atoms with van der Waals surface area (Å²) in [6.45, 7) is 2.72. The van der Waals surface area contributed by atoms with Crippen LogP contribution in [0.4, 0.5) is 19.0 Å². The van der Waals surface area contributed by atoms with Gasteiger partial charge < -0.3 is 9.80 Å². The number of piperidine rings is 2. The molecule has 0 N–H and O–H groups in total. The fourth-order valence-electron chi connectivity index (χ4n) is 4.76. The third-order valence-electron chi connectivity index (χ3n) is 7.05. The minimum Gasteiger partial charge on any atom is -0.306 e. The van der Waals surface area contributed by atoms with Crippen molar-refractivity contribution in [2.24, 2.45) is 11.8 Å². The van der Waals surface area contributed by atoms with Crippen LogP contribution in [-0.2, 0) is 4.79 Å². The van der Waals surface area contributed by atoms with E-state index in [9.17, 15) is 27.6 Å². The number of Topliss-reactive ketones (excluding diaryl/α,β-unsaturated/α-hetero) is 1. The van der Waals surface area contributed by atoms with Crippen LogP contribution in [0.5, 0.6) is 0 Å². The fourth-order valence-corrected chi connectivity index (χ4v) is 4.76. The number of halogens is 3. The first-order valence-electron chi connectivity index (χ1n) is 12.1. The predicted molar refractivity (Wildman–Crippen MR) is 127 cm³/mol. The molecule has 36 heavy (non-hydrogen) atoms. The Morgan fingerprint density at radius 1 is 0.833 bits per heavy atom. The van der Waals surface area contributed by atoms with E-state index in [1.165, 1.54) is 18.2 Å². The molecule has 0 radical (unpaired) electrons. The van der Waals surface area contributed by atoms with Crippen LogP contribution >= 0.6 is 0 Å². The molecule has 0 spiro atoms. The van der Waals surface area contributed by atoms with E-state index >= 15 is 0 Å². The average molecular weight is 503 g/mol. The minimum atomic E-state index is -1.68. The number of hydrogen-bond donors (Lipinski definition) is 0. The van der Waals surface area contributed by atoms with Gasteiger partial charge in [0.15, 0.2) is 17.4 Å². The Balaban J connectivity index is 1.72.